The van der Waals surface area contributed by atoms with Gasteiger partial charge in [0, 0.05) is 19.5 Å². The molecule has 4 heterocycles. The van der Waals surface area contributed by atoms with Gasteiger partial charge in [-0.25, -0.2) is 14.4 Å². The van der Waals surface area contributed by atoms with Crippen molar-refractivity contribution >= 4 is 5.82 Å². The Morgan fingerprint density at radius 1 is 1.30 bits per heavy atom. The van der Waals surface area contributed by atoms with E-state index in [4.69, 9.17) is 10.5 Å². The van der Waals surface area contributed by atoms with E-state index in [0.29, 0.717) is 23.4 Å². The third kappa shape index (κ3) is 2.72. The van der Waals surface area contributed by atoms with Crippen molar-refractivity contribution in [3.05, 3.63) is 52.7 Å². The third-order valence-corrected chi connectivity index (χ3v) is 5.98. The molecule has 0 amide bonds. The first-order chi connectivity index (χ1) is 14.4. The summed E-state index contributed by atoms with van der Waals surface area (Å²) in [6.45, 7) is 1.84. The van der Waals surface area contributed by atoms with E-state index in [2.05, 4.69) is 26.0 Å². The number of rotatable bonds is 0. The van der Waals surface area contributed by atoms with Crippen LogP contribution in [0.4, 0.5) is 10.2 Å². The number of hydrogen-bond acceptors (Lipinski definition) is 7. The molecular weight excluding hydrogens is 385 g/mol. The zero-order chi connectivity index (χ0) is 21.2. The summed E-state index contributed by atoms with van der Waals surface area (Å²) in [5.41, 5.74) is 10.0. The fourth-order valence-electron chi connectivity index (χ4n) is 4.39. The number of halogens is 1. The summed E-state index contributed by atoms with van der Waals surface area (Å²) < 4.78 is 21.7. The van der Waals surface area contributed by atoms with Crippen LogP contribution in [-0.2, 0) is 13.5 Å². The van der Waals surface area contributed by atoms with E-state index in [0.717, 1.165) is 16.8 Å². The van der Waals surface area contributed by atoms with Crippen LogP contribution in [0.25, 0.3) is 11.3 Å². The van der Waals surface area contributed by atoms with Crippen LogP contribution in [0.1, 0.15) is 41.6 Å². The molecule has 2 aromatic heterocycles. The molecule has 3 unspecified atom stereocenters. The molecule has 1 aromatic carbocycles. The van der Waals surface area contributed by atoms with Gasteiger partial charge in [-0.1, -0.05) is 6.07 Å². The molecule has 0 saturated carbocycles. The van der Waals surface area contributed by atoms with Crippen molar-refractivity contribution in [1.29, 1.82) is 5.26 Å². The lowest BCUT2D eigenvalue weighted by molar-refractivity contribution is 0.216. The van der Waals surface area contributed by atoms with Gasteiger partial charge in [0.15, 0.2) is 5.82 Å². The highest BCUT2D eigenvalue weighted by Crippen LogP contribution is 2.47. The predicted octanol–water partition coefficient (Wildman–Crippen LogP) is 2.52. The summed E-state index contributed by atoms with van der Waals surface area (Å²) in [7, 11) is 3.76. The Balaban J connectivity index is 1.74. The van der Waals surface area contributed by atoms with Crippen LogP contribution < -0.4 is 10.5 Å². The molecular formula is C21H20FN7O. The number of nitriles is 1. The number of anilines is 1. The lowest BCUT2D eigenvalue weighted by atomic mass is 9.96. The van der Waals surface area contributed by atoms with E-state index in [1.807, 2.05) is 20.0 Å². The van der Waals surface area contributed by atoms with Crippen molar-refractivity contribution in [2.75, 3.05) is 12.8 Å². The average Bonchev–Trinajstić information content (AvgIpc) is 3.21. The van der Waals surface area contributed by atoms with Crippen molar-refractivity contribution in [1.82, 2.24) is 24.6 Å². The van der Waals surface area contributed by atoms with Gasteiger partial charge in [-0.05, 0) is 37.2 Å². The van der Waals surface area contributed by atoms with E-state index < -0.39 is 6.10 Å². The first-order valence-corrected chi connectivity index (χ1v) is 9.65. The highest BCUT2D eigenvalue weighted by Gasteiger charge is 2.47. The Bertz CT molecular complexity index is 1210. The monoisotopic (exact) mass is 405 g/mol. The fraction of sp³-hybridized carbons (Fsp3) is 0.333. The SMILES string of the molecule is C[C@H]1Oc2nc(cnc2N)-c2c(nn(C)c2C#N)CC2C(c3ccc(F)cc31)N2C. The van der Waals surface area contributed by atoms with Gasteiger partial charge in [-0.15, -0.1) is 0 Å². The largest absolute Gasteiger partial charge is 0.467 e. The molecule has 5 rings (SSSR count). The van der Waals surface area contributed by atoms with Crippen molar-refractivity contribution in [3.8, 4) is 23.2 Å². The van der Waals surface area contributed by atoms with Crippen LogP contribution in [-0.4, -0.2) is 37.7 Å². The lowest BCUT2D eigenvalue weighted by Gasteiger charge is -2.19. The molecule has 2 aliphatic rings. The Hall–Kier alpha value is -3.51. The molecule has 0 spiro atoms. The molecule has 30 heavy (non-hydrogen) atoms. The van der Waals surface area contributed by atoms with Gasteiger partial charge < -0.3 is 10.5 Å². The number of aryl methyl sites for hydroxylation is 1. The standard InChI is InChI=1S/C21H20FN7O/c1-10-13-6-11(22)4-5-12(13)19-16(28(19)2)7-14-18(17(8-23)29(3)27-14)15-9-25-20(24)21(26-15)30-10/h4-6,9-10,16,19H,7H2,1-3H3,(H2,24,25)/t10-,16?,19?,28?/m1/s1. The van der Waals surface area contributed by atoms with Crippen LogP contribution in [0.2, 0.25) is 0 Å². The van der Waals surface area contributed by atoms with Crippen molar-refractivity contribution in [3.63, 3.8) is 0 Å². The first kappa shape index (κ1) is 18.5. The van der Waals surface area contributed by atoms with Crippen molar-refractivity contribution in [2.45, 2.75) is 31.5 Å². The van der Waals surface area contributed by atoms with E-state index in [-0.39, 0.29) is 29.6 Å². The van der Waals surface area contributed by atoms with Crippen LogP contribution in [0.5, 0.6) is 5.88 Å². The molecule has 0 radical (unpaired) electrons. The molecule has 8 nitrogen and oxygen atoms in total. The van der Waals surface area contributed by atoms with E-state index >= 15 is 0 Å². The molecule has 1 fully saturated rings. The molecule has 9 heteroatoms. The molecule has 0 aliphatic carbocycles. The predicted molar refractivity (Wildman–Crippen MR) is 107 cm³/mol. The van der Waals surface area contributed by atoms with Gasteiger partial charge in [0.2, 0.25) is 0 Å². The van der Waals surface area contributed by atoms with Crippen LogP contribution in [0, 0.1) is 17.1 Å². The van der Waals surface area contributed by atoms with E-state index in [1.54, 1.807) is 11.7 Å². The summed E-state index contributed by atoms with van der Waals surface area (Å²) in [6.07, 6.45) is 1.67. The topological polar surface area (TPSA) is 106 Å². The minimum Gasteiger partial charge on any atom is -0.467 e. The number of ether oxygens (including phenoxy) is 1. The van der Waals surface area contributed by atoms with Crippen molar-refractivity contribution in [2.24, 2.45) is 7.05 Å². The highest BCUT2D eigenvalue weighted by atomic mass is 19.1. The highest BCUT2D eigenvalue weighted by molar-refractivity contribution is 5.69. The number of fused-ring (bicyclic) bond motifs is 7. The molecule has 3 aromatic rings. The fourth-order valence-corrected chi connectivity index (χ4v) is 4.39. The normalized spacial score (nSPS) is 24.2. The lowest BCUT2D eigenvalue weighted by Crippen LogP contribution is -2.12. The second-order valence-electron chi connectivity index (χ2n) is 7.77. The second kappa shape index (κ2) is 6.50. The van der Waals surface area contributed by atoms with E-state index in [9.17, 15) is 9.65 Å². The Morgan fingerprint density at radius 3 is 2.87 bits per heavy atom. The smallest absolute Gasteiger partial charge is 0.258 e. The second-order valence-corrected chi connectivity index (χ2v) is 7.77. The van der Waals surface area contributed by atoms with Crippen LogP contribution in [0.15, 0.2) is 24.4 Å². The number of benzene rings is 1. The van der Waals surface area contributed by atoms with Gasteiger partial charge in [0.05, 0.1) is 29.2 Å². The summed E-state index contributed by atoms with van der Waals surface area (Å²) in [6, 6.07) is 7.27. The molecule has 2 N–H and O–H groups in total. The average molecular weight is 405 g/mol. The quantitative estimate of drug-likeness (QED) is 0.573. The molecule has 152 valence electrons. The van der Waals surface area contributed by atoms with Crippen LogP contribution >= 0.6 is 0 Å². The minimum atomic E-state index is -0.486. The summed E-state index contributed by atoms with van der Waals surface area (Å²) in [4.78, 5) is 11.0. The summed E-state index contributed by atoms with van der Waals surface area (Å²) >= 11 is 0. The summed E-state index contributed by atoms with van der Waals surface area (Å²) in [5.74, 6) is -0.0456. The molecule has 2 aliphatic heterocycles. The zero-order valence-corrected chi connectivity index (χ0v) is 16.8. The van der Waals surface area contributed by atoms with Gasteiger partial charge in [-0.3, -0.25) is 9.58 Å². The van der Waals surface area contributed by atoms with Gasteiger partial charge in [0.25, 0.3) is 5.88 Å². The van der Waals surface area contributed by atoms with Gasteiger partial charge >= 0.3 is 0 Å². The maximum Gasteiger partial charge on any atom is 0.258 e. The Labute approximate surface area is 172 Å². The number of likely N-dealkylation sites (N-methyl/N-ethyl adjacent to an activating group) is 1. The zero-order valence-electron chi connectivity index (χ0n) is 16.8. The maximum atomic E-state index is 14.1. The molecule has 1 saturated heterocycles. The van der Waals surface area contributed by atoms with Crippen LogP contribution in [0.3, 0.4) is 0 Å². The number of hydrogen-bond donors (Lipinski definition) is 1. The maximum absolute atomic E-state index is 14.1. The molecule has 4 atom stereocenters. The van der Waals surface area contributed by atoms with Gasteiger partial charge in [-0.2, -0.15) is 10.4 Å². The number of nitrogens with two attached hydrogens (primary N) is 1. The third-order valence-electron chi connectivity index (χ3n) is 5.98. The Morgan fingerprint density at radius 2 is 2.10 bits per heavy atom. The number of aromatic nitrogens is 4. The van der Waals surface area contributed by atoms with E-state index in [1.165, 1.54) is 18.3 Å². The minimum absolute atomic E-state index is 0.105. The Kier molecular flexibility index (Phi) is 4.01. The van der Waals surface area contributed by atoms with Crippen molar-refractivity contribution < 1.29 is 9.13 Å². The first-order valence-electron chi connectivity index (χ1n) is 9.65. The number of nitrogens with zero attached hydrogens (tertiary/aromatic N) is 6. The van der Waals surface area contributed by atoms with Gasteiger partial charge in [0.1, 0.15) is 23.7 Å². The molecule has 2 bridgehead atoms. The number of nitrogen functional groups attached to an aromatic ring is 1. The summed E-state index contributed by atoms with van der Waals surface area (Å²) in [5, 5.41) is 14.3.